The first kappa shape index (κ1) is 38.4. The summed E-state index contributed by atoms with van der Waals surface area (Å²) in [6, 6.07) is -0.414. The minimum atomic E-state index is -1.55. The highest BCUT2D eigenvalue weighted by Gasteiger charge is 2.59. The first-order chi connectivity index (χ1) is 23.1. The van der Waals surface area contributed by atoms with Crippen LogP contribution in [0, 0.1) is 17.3 Å². The van der Waals surface area contributed by atoms with E-state index >= 15 is 0 Å². The van der Waals surface area contributed by atoms with Crippen molar-refractivity contribution in [3.05, 3.63) is 0 Å². The largest absolute Gasteiger partial charge is 0.457 e. The second-order valence-electron chi connectivity index (χ2n) is 16.1. The Kier molecular flexibility index (Phi) is 11.7. The number of amides is 1. The lowest BCUT2D eigenvalue weighted by Crippen LogP contribution is -2.62. The number of ketones is 1. The van der Waals surface area contributed by atoms with Crippen molar-refractivity contribution in [3.8, 4) is 0 Å². The van der Waals surface area contributed by atoms with Crippen LogP contribution >= 0.6 is 0 Å². The normalized spacial score (nSPS) is 45.5. The third-order valence-electron chi connectivity index (χ3n) is 12.0. The third-order valence-corrected chi connectivity index (χ3v) is 12.0. The van der Waals surface area contributed by atoms with Crippen LogP contribution in [0.3, 0.4) is 0 Å². The summed E-state index contributed by atoms with van der Waals surface area (Å²) in [5.74, 6) is -1.75. The third kappa shape index (κ3) is 7.68. The Morgan fingerprint density at radius 1 is 1.10 bits per heavy atom. The molecule has 5 heterocycles. The van der Waals surface area contributed by atoms with E-state index in [1.165, 1.54) is 0 Å². The Morgan fingerprint density at radius 3 is 2.45 bits per heavy atom. The van der Waals surface area contributed by atoms with Crippen LogP contribution < -0.4 is 16.0 Å². The number of nitrogens with one attached hydrogen (secondary N) is 3. The van der Waals surface area contributed by atoms with Gasteiger partial charge in [0.2, 0.25) is 0 Å². The molecule has 0 aromatic carbocycles. The summed E-state index contributed by atoms with van der Waals surface area (Å²) in [5.41, 5.74) is -3.64. The summed E-state index contributed by atoms with van der Waals surface area (Å²) < 4.78 is 32.2. The number of nitrogens with zero attached hydrogens (tertiary/aromatic N) is 1. The fourth-order valence-corrected chi connectivity index (χ4v) is 8.81. The number of hydrogen-bond donors (Lipinski definition) is 4. The van der Waals surface area contributed by atoms with Crippen LogP contribution in [0.1, 0.15) is 93.4 Å². The molecule has 4 N–H and O–H groups in total. The van der Waals surface area contributed by atoms with Gasteiger partial charge in [-0.2, -0.15) is 0 Å². The predicted molar refractivity (Wildman–Crippen MR) is 182 cm³/mol. The van der Waals surface area contributed by atoms with Crippen molar-refractivity contribution >= 4 is 17.8 Å². The zero-order valence-corrected chi connectivity index (χ0v) is 31.1. The first-order valence-corrected chi connectivity index (χ1v) is 18.6. The fourth-order valence-electron chi connectivity index (χ4n) is 8.81. The van der Waals surface area contributed by atoms with Crippen LogP contribution in [0.15, 0.2) is 0 Å². The average Bonchev–Trinajstić information content (AvgIpc) is 3.83. The Balaban J connectivity index is 1.51. The number of ether oxygens (including phenoxy) is 5. The molecule has 280 valence electrons. The average molecular weight is 695 g/mol. The summed E-state index contributed by atoms with van der Waals surface area (Å²) in [6.07, 6.45) is 0.00341. The summed E-state index contributed by atoms with van der Waals surface area (Å²) in [6.45, 7) is 14.6. The highest BCUT2D eigenvalue weighted by molar-refractivity contribution is 6.04. The Morgan fingerprint density at radius 2 is 1.82 bits per heavy atom. The highest BCUT2D eigenvalue weighted by atomic mass is 16.7. The number of carbonyl (C=O) groups excluding carboxylic acids is 3. The standard InChI is InChI=1S/C36H62N4O9/c1-10-26-36(11-2)28(39-33(44)49-36)22(5)37-18-20(3)17-35(7)30(21(4)29(42)34(6,14-15-45-35)32(43)47-26)48-31-27(41)25(40(8)9)16-24(46-31)19-38-23-12-13-23/h20-28,30-31,37-38,41H,10-19H2,1-9H3,(H,39,44)/t20-,21+,22-,24+,25?,26-,27?,28-,30-,31+,34+,35+,36-/m1/s1. The van der Waals surface area contributed by atoms with Crippen LogP contribution in [-0.2, 0) is 33.3 Å². The van der Waals surface area contributed by atoms with E-state index in [-0.39, 0.29) is 42.9 Å². The van der Waals surface area contributed by atoms with Gasteiger partial charge in [-0.15, -0.1) is 0 Å². The zero-order valence-electron chi connectivity index (χ0n) is 31.1. The number of likely N-dealkylation sites (N-methyl/N-ethyl adjacent to an activating group) is 1. The van der Waals surface area contributed by atoms with E-state index in [0.717, 1.165) is 12.8 Å². The minimum absolute atomic E-state index is 0.0490. The molecule has 0 aromatic heterocycles. The molecule has 5 saturated heterocycles. The molecule has 1 amide bonds. The molecule has 2 unspecified atom stereocenters. The molecule has 0 radical (unpaired) electrons. The molecule has 13 heteroatoms. The van der Waals surface area contributed by atoms with Crippen molar-refractivity contribution in [2.45, 2.75) is 159 Å². The minimum Gasteiger partial charge on any atom is -0.457 e. The van der Waals surface area contributed by atoms with E-state index in [2.05, 4.69) is 22.9 Å². The summed E-state index contributed by atoms with van der Waals surface area (Å²) in [7, 11) is 3.88. The van der Waals surface area contributed by atoms with E-state index in [1.807, 2.05) is 46.7 Å². The molecule has 5 aliphatic heterocycles. The van der Waals surface area contributed by atoms with Gasteiger partial charge in [0.05, 0.1) is 23.9 Å². The molecule has 6 aliphatic rings. The molecule has 1 aliphatic carbocycles. The van der Waals surface area contributed by atoms with Gasteiger partial charge in [-0.1, -0.05) is 27.7 Å². The Hall–Kier alpha value is -1.87. The number of hydrogen-bond acceptors (Lipinski definition) is 12. The van der Waals surface area contributed by atoms with Gasteiger partial charge >= 0.3 is 12.1 Å². The van der Waals surface area contributed by atoms with E-state index < -0.39 is 65.2 Å². The maximum atomic E-state index is 14.7. The van der Waals surface area contributed by atoms with Crippen molar-refractivity contribution in [2.24, 2.45) is 17.3 Å². The van der Waals surface area contributed by atoms with Gasteiger partial charge < -0.3 is 49.6 Å². The quantitative estimate of drug-likeness (QED) is 0.218. The number of aliphatic hydroxyl groups is 1. The number of rotatable bonds is 8. The number of aliphatic hydroxyl groups excluding tert-OH is 1. The fraction of sp³-hybridized carbons (Fsp3) is 0.917. The number of esters is 1. The van der Waals surface area contributed by atoms with Crippen molar-refractivity contribution < 1.29 is 43.2 Å². The molecule has 0 spiro atoms. The summed E-state index contributed by atoms with van der Waals surface area (Å²) in [4.78, 5) is 43.7. The Bertz CT molecular complexity index is 1200. The van der Waals surface area contributed by atoms with Crippen LogP contribution in [-0.4, -0.2) is 128 Å². The molecule has 6 rings (SSSR count). The van der Waals surface area contributed by atoms with Crippen molar-refractivity contribution in [1.29, 1.82) is 0 Å². The second kappa shape index (κ2) is 15.0. The maximum absolute atomic E-state index is 14.7. The summed E-state index contributed by atoms with van der Waals surface area (Å²) >= 11 is 0. The molecule has 13 nitrogen and oxygen atoms in total. The monoisotopic (exact) mass is 694 g/mol. The molecule has 49 heavy (non-hydrogen) atoms. The van der Waals surface area contributed by atoms with Crippen LogP contribution in [0.2, 0.25) is 0 Å². The lowest BCUT2D eigenvalue weighted by atomic mass is 9.70. The molecule has 2 bridgehead atoms. The lowest BCUT2D eigenvalue weighted by Gasteiger charge is -2.49. The Labute approximate surface area is 292 Å². The topological polar surface area (TPSA) is 157 Å². The zero-order chi connectivity index (χ0) is 35.9. The highest BCUT2D eigenvalue weighted by Crippen LogP contribution is 2.43. The lowest BCUT2D eigenvalue weighted by molar-refractivity contribution is -0.301. The number of Topliss-reactive ketones (excluding diaryl/α,β-unsaturated/α-hetero) is 1. The van der Waals surface area contributed by atoms with Gasteiger partial charge in [0.15, 0.2) is 17.7 Å². The van der Waals surface area contributed by atoms with E-state index in [0.29, 0.717) is 44.8 Å². The van der Waals surface area contributed by atoms with Gasteiger partial charge in [0, 0.05) is 37.2 Å². The maximum Gasteiger partial charge on any atom is 0.408 e. The molecule has 13 atom stereocenters. The first-order valence-electron chi connectivity index (χ1n) is 18.6. The number of carbonyl (C=O) groups is 3. The molecule has 6 fully saturated rings. The van der Waals surface area contributed by atoms with Crippen molar-refractivity contribution in [2.75, 3.05) is 33.8 Å². The molecular weight excluding hydrogens is 632 g/mol. The van der Waals surface area contributed by atoms with E-state index in [4.69, 9.17) is 23.7 Å². The summed E-state index contributed by atoms with van der Waals surface area (Å²) in [5, 5.41) is 21.8. The molecule has 0 aromatic rings. The van der Waals surface area contributed by atoms with E-state index in [9.17, 15) is 19.5 Å². The smallest absolute Gasteiger partial charge is 0.408 e. The van der Waals surface area contributed by atoms with Crippen LogP contribution in [0.4, 0.5) is 4.79 Å². The van der Waals surface area contributed by atoms with Crippen molar-refractivity contribution in [3.63, 3.8) is 0 Å². The van der Waals surface area contributed by atoms with Crippen LogP contribution in [0.25, 0.3) is 0 Å². The van der Waals surface area contributed by atoms with Crippen LogP contribution in [0.5, 0.6) is 0 Å². The van der Waals surface area contributed by atoms with E-state index in [1.54, 1.807) is 13.8 Å². The van der Waals surface area contributed by atoms with Gasteiger partial charge in [-0.05, 0) is 92.3 Å². The van der Waals surface area contributed by atoms with Gasteiger partial charge in [-0.3, -0.25) is 9.59 Å². The molecule has 1 saturated carbocycles. The second-order valence-corrected chi connectivity index (χ2v) is 16.1. The SMILES string of the molecule is CC[C@H]1OC(=O)[C@@]2(C)CCO[C@@](C)(C[C@@H](C)CN[C@H](C)[C@H]3NC(=O)O[C@@]31CC)[C@H](O[C@@H]1O[C@H](CNC3CC3)CC(N(C)C)C1O)[C@@H](C)C2=O. The van der Waals surface area contributed by atoms with Gasteiger partial charge in [0.1, 0.15) is 17.6 Å². The van der Waals surface area contributed by atoms with Gasteiger partial charge in [-0.25, -0.2) is 4.79 Å². The number of alkyl carbamates (subject to hydrolysis) is 1. The number of fused-ring (bicyclic) bond motifs is 10. The van der Waals surface area contributed by atoms with Gasteiger partial charge in [0.25, 0.3) is 0 Å². The van der Waals surface area contributed by atoms with Crippen molar-refractivity contribution in [1.82, 2.24) is 20.9 Å². The molecular formula is C36H62N4O9. The predicted octanol–water partition coefficient (Wildman–Crippen LogP) is 2.52.